The molecular weight excluding hydrogens is 286 g/mol. The summed E-state index contributed by atoms with van der Waals surface area (Å²) in [5.41, 5.74) is 0. The molecule has 0 spiro atoms. The summed E-state index contributed by atoms with van der Waals surface area (Å²) in [7, 11) is 0. The van der Waals surface area contributed by atoms with Crippen molar-refractivity contribution < 1.29 is 4.74 Å². The van der Waals surface area contributed by atoms with Crippen LogP contribution in [-0.2, 0) is 11.2 Å². The standard InChI is InChI=1S/C12H20BrNOS/c1-3-5-14-11(8-15-4-2)7-12-6-10(13)9-16-12/h6,9,11,14H,3-5,7-8H2,1-2H3. The van der Waals surface area contributed by atoms with Gasteiger partial charge in [0.1, 0.15) is 0 Å². The Balaban J connectivity index is 2.41. The van der Waals surface area contributed by atoms with E-state index >= 15 is 0 Å². The molecule has 1 aromatic heterocycles. The van der Waals surface area contributed by atoms with Crippen molar-refractivity contribution in [3.63, 3.8) is 0 Å². The Morgan fingerprint density at radius 2 is 2.31 bits per heavy atom. The summed E-state index contributed by atoms with van der Waals surface area (Å²) >= 11 is 5.29. The van der Waals surface area contributed by atoms with Gasteiger partial charge in [-0.05, 0) is 48.3 Å². The van der Waals surface area contributed by atoms with Gasteiger partial charge in [-0.1, -0.05) is 6.92 Å². The molecule has 0 fully saturated rings. The highest BCUT2D eigenvalue weighted by atomic mass is 79.9. The van der Waals surface area contributed by atoms with Gasteiger partial charge in [0, 0.05) is 27.4 Å². The molecule has 0 saturated heterocycles. The number of rotatable bonds is 8. The zero-order chi connectivity index (χ0) is 11.8. The van der Waals surface area contributed by atoms with Crippen LogP contribution in [0.4, 0.5) is 0 Å². The predicted molar refractivity (Wildman–Crippen MR) is 74.3 cm³/mol. The zero-order valence-corrected chi connectivity index (χ0v) is 12.4. The molecule has 1 unspecified atom stereocenters. The molecule has 1 aromatic rings. The highest BCUT2D eigenvalue weighted by molar-refractivity contribution is 9.10. The third-order valence-corrected chi connectivity index (χ3v) is 4.00. The summed E-state index contributed by atoms with van der Waals surface area (Å²) in [6.45, 7) is 6.87. The maximum absolute atomic E-state index is 5.50. The van der Waals surface area contributed by atoms with Gasteiger partial charge in [0.25, 0.3) is 0 Å². The van der Waals surface area contributed by atoms with Crippen molar-refractivity contribution in [3.05, 3.63) is 20.8 Å². The summed E-state index contributed by atoms with van der Waals surface area (Å²) in [5, 5.41) is 5.66. The molecule has 2 nitrogen and oxygen atoms in total. The van der Waals surface area contributed by atoms with Crippen LogP contribution in [0.5, 0.6) is 0 Å². The first-order chi connectivity index (χ1) is 7.76. The van der Waals surface area contributed by atoms with E-state index in [-0.39, 0.29) is 0 Å². The lowest BCUT2D eigenvalue weighted by Crippen LogP contribution is -2.35. The Morgan fingerprint density at radius 1 is 1.50 bits per heavy atom. The number of hydrogen-bond acceptors (Lipinski definition) is 3. The second kappa shape index (κ2) is 8.23. The summed E-state index contributed by atoms with van der Waals surface area (Å²) in [6, 6.07) is 2.63. The molecule has 16 heavy (non-hydrogen) atoms. The lowest BCUT2D eigenvalue weighted by Gasteiger charge is -2.17. The highest BCUT2D eigenvalue weighted by Gasteiger charge is 2.10. The van der Waals surface area contributed by atoms with Gasteiger partial charge < -0.3 is 10.1 Å². The topological polar surface area (TPSA) is 21.3 Å². The molecule has 0 aromatic carbocycles. The van der Waals surface area contributed by atoms with Crippen LogP contribution in [0.25, 0.3) is 0 Å². The van der Waals surface area contributed by atoms with E-state index in [0.717, 1.165) is 32.6 Å². The second-order valence-electron chi connectivity index (χ2n) is 3.75. The van der Waals surface area contributed by atoms with E-state index in [1.54, 1.807) is 11.3 Å². The van der Waals surface area contributed by atoms with Gasteiger partial charge in [-0.25, -0.2) is 0 Å². The Labute approximate surface area is 111 Å². The summed E-state index contributed by atoms with van der Waals surface area (Å²) < 4.78 is 6.68. The van der Waals surface area contributed by atoms with Crippen LogP contribution in [0.1, 0.15) is 25.1 Å². The highest BCUT2D eigenvalue weighted by Crippen LogP contribution is 2.21. The van der Waals surface area contributed by atoms with Crippen LogP contribution in [0, 0.1) is 0 Å². The van der Waals surface area contributed by atoms with E-state index in [4.69, 9.17) is 4.74 Å². The van der Waals surface area contributed by atoms with Crippen molar-refractivity contribution in [2.24, 2.45) is 0 Å². The molecule has 92 valence electrons. The van der Waals surface area contributed by atoms with Gasteiger partial charge in [0.15, 0.2) is 0 Å². The zero-order valence-electron chi connectivity index (χ0n) is 9.96. The minimum Gasteiger partial charge on any atom is -0.380 e. The fourth-order valence-corrected chi connectivity index (χ4v) is 3.03. The first kappa shape index (κ1) is 14.2. The van der Waals surface area contributed by atoms with Crippen LogP contribution in [0.3, 0.4) is 0 Å². The Morgan fingerprint density at radius 3 is 2.88 bits per heavy atom. The predicted octanol–water partition coefficient (Wildman–Crippen LogP) is 3.46. The van der Waals surface area contributed by atoms with Crippen molar-refractivity contribution in [2.75, 3.05) is 19.8 Å². The quantitative estimate of drug-likeness (QED) is 0.794. The van der Waals surface area contributed by atoms with Gasteiger partial charge >= 0.3 is 0 Å². The molecule has 0 amide bonds. The van der Waals surface area contributed by atoms with Crippen LogP contribution in [-0.4, -0.2) is 25.8 Å². The van der Waals surface area contributed by atoms with Crippen LogP contribution < -0.4 is 5.32 Å². The molecule has 0 aliphatic carbocycles. The van der Waals surface area contributed by atoms with Crippen molar-refractivity contribution in [1.82, 2.24) is 5.32 Å². The SMILES string of the molecule is CCCNC(COCC)Cc1cc(Br)cs1. The van der Waals surface area contributed by atoms with E-state index in [1.807, 2.05) is 6.92 Å². The van der Waals surface area contributed by atoms with Gasteiger partial charge in [-0.2, -0.15) is 0 Å². The largest absolute Gasteiger partial charge is 0.380 e. The first-order valence-corrected chi connectivity index (χ1v) is 7.47. The minimum atomic E-state index is 0.436. The molecular formula is C12H20BrNOS. The average Bonchev–Trinajstić information content (AvgIpc) is 2.68. The van der Waals surface area contributed by atoms with E-state index in [1.165, 1.54) is 9.35 Å². The van der Waals surface area contributed by atoms with Gasteiger partial charge in [-0.3, -0.25) is 0 Å². The minimum absolute atomic E-state index is 0.436. The number of thiophene rings is 1. The summed E-state index contributed by atoms with van der Waals surface area (Å²) in [5.74, 6) is 0. The molecule has 1 atom stereocenters. The normalized spacial score (nSPS) is 12.9. The fourth-order valence-electron chi connectivity index (χ4n) is 1.50. The molecule has 1 N–H and O–H groups in total. The van der Waals surface area contributed by atoms with Gasteiger partial charge in [0.05, 0.1) is 6.61 Å². The Hall–Kier alpha value is 0.1000. The van der Waals surface area contributed by atoms with Crippen LogP contribution in [0.15, 0.2) is 15.9 Å². The maximum Gasteiger partial charge on any atom is 0.0623 e. The molecule has 0 radical (unpaired) electrons. The third-order valence-electron chi connectivity index (χ3n) is 2.28. The number of hydrogen-bond donors (Lipinski definition) is 1. The second-order valence-corrected chi connectivity index (χ2v) is 5.66. The number of halogens is 1. The van der Waals surface area contributed by atoms with Gasteiger partial charge in [0.2, 0.25) is 0 Å². The van der Waals surface area contributed by atoms with E-state index < -0.39 is 0 Å². The average molecular weight is 306 g/mol. The monoisotopic (exact) mass is 305 g/mol. The molecule has 0 saturated carbocycles. The van der Waals surface area contributed by atoms with Crippen LogP contribution in [0.2, 0.25) is 0 Å². The number of nitrogens with one attached hydrogen (secondary N) is 1. The lowest BCUT2D eigenvalue weighted by molar-refractivity contribution is 0.123. The number of ether oxygens (including phenoxy) is 1. The van der Waals surface area contributed by atoms with Crippen molar-refractivity contribution in [1.29, 1.82) is 0 Å². The van der Waals surface area contributed by atoms with Crippen LogP contribution >= 0.6 is 27.3 Å². The van der Waals surface area contributed by atoms with Crippen molar-refractivity contribution in [2.45, 2.75) is 32.7 Å². The smallest absolute Gasteiger partial charge is 0.0623 e. The third kappa shape index (κ3) is 5.43. The summed E-state index contributed by atoms with van der Waals surface area (Å²) in [6.07, 6.45) is 2.22. The van der Waals surface area contributed by atoms with E-state index in [0.29, 0.717) is 6.04 Å². The first-order valence-electron chi connectivity index (χ1n) is 5.80. The molecule has 1 heterocycles. The molecule has 0 aliphatic rings. The fraction of sp³-hybridized carbons (Fsp3) is 0.667. The lowest BCUT2D eigenvalue weighted by atomic mass is 10.2. The van der Waals surface area contributed by atoms with Crippen molar-refractivity contribution in [3.8, 4) is 0 Å². The van der Waals surface area contributed by atoms with E-state index in [2.05, 4.69) is 39.6 Å². The molecule has 4 heteroatoms. The van der Waals surface area contributed by atoms with E-state index in [9.17, 15) is 0 Å². The van der Waals surface area contributed by atoms with Crippen molar-refractivity contribution >= 4 is 27.3 Å². The van der Waals surface area contributed by atoms with Gasteiger partial charge in [-0.15, -0.1) is 11.3 Å². The summed E-state index contributed by atoms with van der Waals surface area (Å²) in [4.78, 5) is 1.40. The molecule has 0 bridgehead atoms. The Kier molecular flexibility index (Phi) is 7.28. The Bertz CT molecular complexity index is 282. The molecule has 0 aliphatic heterocycles. The molecule has 1 rings (SSSR count). The maximum atomic E-state index is 5.50.